The Morgan fingerprint density at radius 1 is 1.11 bits per heavy atom. The van der Waals surface area contributed by atoms with E-state index in [0.717, 1.165) is 32.3 Å². The molecular weight excluding hydrogens is 454 g/mol. The molecule has 2 aromatic rings. The molecule has 0 spiro atoms. The number of nitrogens with zero attached hydrogens (tertiary/aromatic N) is 3. The van der Waals surface area contributed by atoms with Gasteiger partial charge in [0.05, 0.1) is 11.4 Å². The third kappa shape index (κ3) is 3.54. The number of para-hydroxylation sites is 1. The molecule has 1 amide bonds. The van der Waals surface area contributed by atoms with Gasteiger partial charge in [0, 0.05) is 22.5 Å². The van der Waals surface area contributed by atoms with Crippen LogP contribution in [0.3, 0.4) is 0 Å². The maximum atomic E-state index is 13.2. The van der Waals surface area contributed by atoms with E-state index in [4.69, 9.17) is 4.99 Å². The summed E-state index contributed by atoms with van der Waals surface area (Å²) in [7, 11) is 0. The maximum Gasteiger partial charge on any atom is 0.269 e. The van der Waals surface area contributed by atoms with Gasteiger partial charge in [0.15, 0.2) is 5.17 Å². The van der Waals surface area contributed by atoms with Gasteiger partial charge in [0.25, 0.3) is 5.91 Å². The zero-order valence-corrected chi connectivity index (χ0v) is 18.5. The van der Waals surface area contributed by atoms with Crippen molar-refractivity contribution in [1.29, 1.82) is 0 Å². The van der Waals surface area contributed by atoms with E-state index >= 15 is 0 Å². The number of hydrogen-bond donors (Lipinski definition) is 0. The summed E-state index contributed by atoms with van der Waals surface area (Å²) in [5, 5.41) is 1.66. The van der Waals surface area contributed by atoms with E-state index in [0.29, 0.717) is 11.7 Å². The number of carbonyl (C=O) groups is 1. The molecule has 0 aliphatic carbocycles. The van der Waals surface area contributed by atoms with Crippen molar-refractivity contribution < 1.29 is 4.79 Å². The Morgan fingerprint density at radius 2 is 1.86 bits per heavy atom. The van der Waals surface area contributed by atoms with Crippen LogP contribution in [0.15, 0.2) is 85.5 Å². The molecular formula is C21H18BrN3OS2. The van der Waals surface area contributed by atoms with Crippen LogP contribution in [0, 0.1) is 0 Å². The Hall–Kier alpha value is -1.96. The van der Waals surface area contributed by atoms with E-state index in [2.05, 4.69) is 46.5 Å². The third-order valence-electron chi connectivity index (χ3n) is 4.34. The number of benzene rings is 2. The normalized spacial score (nSPS) is 20.2. The maximum absolute atomic E-state index is 13.2. The van der Waals surface area contributed by atoms with E-state index in [-0.39, 0.29) is 5.91 Å². The van der Waals surface area contributed by atoms with Crippen LogP contribution >= 0.6 is 39.5 Å². The second kappa shape index (κ2) is 8.19. The molecule has 7 heteroatoms. The highest BCUT2D eigenvalue weighted by Gasteiger charge is 2.39. The molecule has 0 saturated carbocycles. The minimum Gasteiger partial charge on any atom is -0.334 e. The molecule has 2 aromatic carbocycles. The summed E-state index contributed by atoms with van der Waals surface area (Å²) in [5.74, 6) is -0.0190. The number of anilines is 1. The fourth-order valence-corrected chi connectivity index (χ4v) is 5.72. The van der Waals surface area contributed by atoms with Crippen molar-refractivity contribution in [2.24, 2.45) is 4.99 Å². The Kier molecular flexibility index (Phi) is 5.66. The third-order valence-corrected chi connectivity index (χ3v) is 7.25. The van der Waals surface area contributed by atoms with Gasteiger partial charge >= 0.3 is 0 Å². The van der Waals surface area contributed by atoms with Gasteiger partial charge in [-0.05, 0) is 55.1 Å². The number of thioether (sulfide) groups is 2. The monoisotopic (exact) mass is 471 g/mol. The molecule has 0 N–H and O–H groups in total. The fraction of sp³-hybridized carbons (Fsp3) is 0.143. The van der Waals surface area contributed by atoms with E-state index in [1.165, 1.54) is 16.7 Å². The van der Waals surface area contributed by atoms with Gasteiger partial charge in [0.2, 0.25) is 0 Å². The quantitative estimate of drug-likeness (QED) is 0.404. The molecule has 0 atom stereocenters. The van der Waals surface area contributed by atoms with Crippen LogP contribution in [-0.2, 0) is 4.79 Å². The molecule has 0 radical (unpaired) electrons. The summed E-state index contributed by atoms with van der Waals surface area (Å²) >= 11 is 6.53. The second-order valence-corrected chi connectivity index (χ2v) is 9.05. The Balaban J connectivity index is 1.75. The molecule has 28 heavy (non-hydrogen) atoms. The predicted molar refractivity (Wildman–Crippen MR) is 123 cm³/mol. The van der Waals surface area contributed by atoms with Gasteiger partial charge in [-0.2, -0.15) is 0 Å². The molecule has 2 aliphatic rings. The number of amidine groups is 1. The van der Waals surface area contributed by atoms with Crippen molar-refractivity contribution in [1.82, 2.24) is 4.90 Å². The van der Waals surface area contributed by atoms with Gasteiger partial charge in [-0.15, -0.1) is 6.58 Å². The number of fused-ring (bicyclic) bond motifs is 1. The first-order valence-electron chi connectivity index (χ1n) is 8.86. The zero-order valence-electron chi connectivity index (χ0n) is 15.3. The van der Waals surface area contributed by atoms with Crippen LogP contribution in [-0.4, -0.2) is 29.1 Å². The van der Waals surface area contributed by atoms with E-state index in [9.17, 15) is 4.79 Å². The van der Waals surface area contributed by atoms with Gasteiger partial charge in [-0.25, -0.2) is 4.99 Å². The molecule has 0 aromatic heterocycles. The lowest BCUT2D eigenvalue weighted by Crippen LogP contribution is -2.30. The largest absolute Gasteiger partial charge is 0.334 e. The predicted octanol–water partition coefficient (Wildman–Crippen LogP) is 6.00. The molecule has 0 unspecified atom stereocenters. The Labute approximate surface area is 181 Å². The molecule has 0 bridgehead atoms. The lowest BCUT2D eigenvalue weighted by Gasteiger charge is -2.19. The van der Waals surface area contributed by atoms with Crippen molar-refractivity contribution in [2.45, 2.75) is 11.8 Å². The van der Waals surface area contributed by atoms with E-state index in [1.807, 2.05) is 36.4 Å². The summed E-state index contributed by atoms with van der Waals surface area (Å²) in [4.78, 5) is 23.7. The standard InChI is InChI=1S/C21H18BrN3OS2/c1-3-13-25-19(26)18(28-21(25)23-15-11-9-14(22)10-12-15)20-24(4-2)16-7-5-6-8-17(16)27-20/h3,5-12H,1,4,13H2,2H3/b20-18-,23-21?. The average Bonchev–Trinajstić information content (AvgIpc) is 3.22. The van der Waals surface area contributed by atoms with Crippen molar-refractivity contribution in [2.75, 3.05) is 18.0 Å². The first kappa shape index (κ1) is 19.4. The van der Waals surface area contributed by atoms with Gasteiger partial charge in [-0.1, -0.05) is 45.9 Å². The van der Waals surface area contributed by atoms with Crippen molar-refractivity contribution in [3.8, 4) is 0 Å². The average molecular weight is 472 g/mol. The van der Waals surface area contributed by atoms with Crippen molar-refractivity contribution in [3.05, 3.63) is 75.6 Å². The highest BCUT2D eigenvalue weighted by Crippen LogP contribution is 2.50. The lowest BCUT2D eigenvalue weighted by atomic mass is 10.3. The Bertz CT molecular complexity index is 1000. The van der Waals surface area contributed by atoms with Gasteiger partial charge in [0.1, 0.15) is 9.93 Å². The minimum atomic E-state index is -0.0190. The smallest absolute Gasteiger partial charge is 0.269 e. The number of rotatable bonds is 4. The van der Waals surface area contributed by atoms with Gasteiger partial charge < -0.3 is 4.90 Å². The summed E-state index contributed by atoms with van der Waals surface area (Å²) in [6.07, 6.45) is 1.73. The zero-order chi connectivity index (χ0) is 19.7. The SMILES string of the molecule is C=CCN1C(=O)/C(=C2/Sc3ccccc3N2CC)SC1=Nc1ccc(Br)cc1. The van der Waals surface area contributed by atoms with Crippen molar-refractivity contribution >= 4 is 61.9 Å². The lowest BCUT2D eigenvalue weighted by molar-refractivity contribution is -0.121. The molecule has 142 valence electrons. The second-order valence-electron chi connectivity index (χ2n) is 6.13. The summed E-state index contributed by atoms with van der Waals surface area (Å²) < 4.78 is 0.996. The first-order chi connectivity index (χ1) is 13.6. The minimum absolute atomic E-state index is 0.0190. The van der Waals surface area contributed by atoms with Crippen LogP contribution < -0.4 is 4.90 Å². The molecule has 1 fully saturated rings. The summed E-state index contributed by atoms with van der Waals surface area (Å²) in [5.41, 5.74) is 1.97. The van der Waals surface area contributed by atoms with Crippen LogP contribution in [0.1, 0.15) is 6.92 Å². The topological polar surface area (TPSA) is 35.9 Å². The molecule has 1 saturated heterocycles. The van der Waals surface area contributed by atoms with Crippen LogP contribution in [0.2, 0.25) is 0 Å². The number of amides is 1. The highest BCUT2D eigenvalue weighted by atomic mass is 79.9. The highest BCUT2D eigenvalue weighted by molar-refractivity contribution is 9.10. The van der Waals surface area contributed by atoms with Crippen LogP contribution in [0.5, 0.6) is 0 Å². The summed E-state index contributed by atoms with van der Waals surface area (Å²) in [6, 6.07) is 16.0. The fourth-order valence-electron chi connectivity index (χ4n) is 3.05. The van der Waals surface area contributed by atoms with Gasteiger partial charge in [-0.3, -0.25) is 9.69 Å². The first-order valence-corrected chi connectivity index (χ1v) is 11.3. The van der Waals surface area contributed by atoms with Crippen LogP contribution in [0.25, 0.3) is 0 Å². The molecule has 2 aliphatic heterocycles. The molecule has 4 nitrogen and oxygen atoms in total. The summed E-state index contributed by atoms with van der Waals surface area (Å²) in [6.45, 7) is 7.14. The molecule has 4 rings (SSSR count). The molecule has 2 heterocycles. The van der Waals surface area contributed by atoms with Crippen LogP contribution in [0.4, 0.5) is 11.4 Å². The van der Waals surface area contributed by atoms with E-state index < -0.39 is 0 Å². The van der Waals surface area contributed by atoms with E-state index in [1.54, 1.807) is 22.7 Å². The Morgan fingerprint density at radius 3 is 2.57 bits per heavy atom. The number of hydrogen-bond acceptors (Lipinski definition) is 5. The van der Waals surface area contributed by atoms with Crippen molar-refractivity contribution in [3.63, 3.8) is 0 Å². The number of aliphatic imine (C=N–C) groups is 1. The number of carbonyl (C=O) groups excluding carboxylic acids is 1. The number of halogens is 1.